The van der Waals surface area contributed by atoms with Crippen molar-refractivity contribution in [3.63, 3.8) is 0 Å². The maximum Gasteiger partial charge on any atom is 0.408 e. The summed E-state index contributed by atoms with van der Waals surface area (Å²) in [7, 11) is -4.29. The fraction of sp³-hybridized carbons (Fsp3) is 0.267. The third-order valence-corrected chi connectivity index (χ3v) is 4.17. The van der Waals surface area contributed by atoms with Gasteiger partial charge in [0.2, 0.25) is 0 Å². The molecule has 0 saturated carbocycles. The number of benzene rings is 1. The van der Waals surface area contributed by atoms with E-state index in [-0.39, 0.29) is 6.61 Å². The van der Waals surface area contributed by atoms with E-state index >= 15 is 0 Å². The SMILES string of the molecule is O=C(NC1(CP(=O)(O)O)C=CC=CC1)OCc1ccccc1. The number of hydrogen-bond donors (Lipinski definition) is 3. The molecule has 3 N–H and O–H groups in total. The number of ether oxygens (including phenoxy) is 1. The molecule has 1 aliphatic carbocycles. The second kappa shape index (κ2) is 6.92. The van der Waals surface area contributed by atoms with Gasteiger partial charge in [-0.2, -0.15) is 0 Å². The maximum absolute atomic E-state index is 11.9. The quantitative estimate of drug-likeness (QED) is 0.723. The summed E-state index contributed by atoms with van der Waals surface area (Å²) in [6.07, 6.45) is 5.85. The highest BCUT2D eigenvalue weighted by Gasteiger charge is 2.36. The van der Waals surface area contributed by atoms with Gasteiger partial charge >= 0.3 is 13.7 Å². The number of rotatable bonds is 5. The highest BCUT2D eigenvalue weighted by atomic mass is 31.2. The molecule has 0 bridgehead atoms. The summed E-state index contributed by atoms with van der Waals surface area (Å²) >= 11 is 0. The zero-order valence-electron chi connectivity index (χ0n) is 11.9. The first-order valence-electron chi connectivity index (χ1n) is 6.76. The second-order valence-electron chi connectivity index (χ2n) is 5.16. The van der Waals surface area contributed by atoms with Crippen molar-refractivity contribution in [1.29, 1.82) is 0 Å². The Bertz CT molecular complexity index is 622. The van der Waals surface area contributed by atoms with Crippen LogP contribution >= 0.6 is 7.60 Å². The molecule has 0 heterocycles. The number of carbonyl (C=O) groups is 1. The van der Waals surface area contributed by atoms with Crippen LogP contribution in [0, 0.1) is 0 Å². The molecule has 22 heavy (non-hydrogen) atoms. The zero-order valence-corrected chi connectivity index (χ0v) is 12.8. The van der Waals surface area contributed by atoms with E-state index in [0.29, 0.717) is 6.42 Å². The van der Waals surface area contributed by atoms with Crippen LogP contribution < -0.4 is 5.32 Å². The molecule has 7 heteroatoms. The molecule has 0 saturated heterocycles. The molecule has 1 atom stereocenters. The van der Waals surface area contributed by atoms with E-state index in [9.17, 15) is 19.1 Å². The van der Waals surface area contributed by atoms with Crippen LogP contribution in [0.25, 0.3) is 0 Å². The van der Waals surface area contributed by atoms with Gasteiger partial charge in [-0.3, -0.25) is 4.57 Å². The molecule has 2 rings (SSSR count). The Morgan fingerprint density at radius 3 is 2.59 bits per heavy atom. The van der Waals surface area contributed by atoms with Crippen molar-refractivity contribution in [2.75, 3.05) is 6.16 Å². The first kappa shape index (κ1) is 16.5. The van der Waals surface area contributed by atoms with Gasteiger partial charge in [0.05, 0.1) is 11.7 Å². The van der Waals surface area contributed by atoms with Crippen LogP contribution in [0.4, 0.5) is 4.79 Å². The minimum Gasteiger partial charge on any atom is -0.445 e. The third-order valence-electron chi connectivity index (χ3n) is 3.20. The van der Waals surface area contributed by atoms with E-state index in [1.807, 2.05) is 30.3 Å². The number of hydrogen-bond acceptors (Lipinski definition) is 3. The van der Waals surface area contributed by atoms with Gasteiger partial charge < -0.3 is 19.8 Å². The van der Waals surface area contributed by atoms with E-state index in [1.165, 1.54) is 0 Å². The second-order valence-corrected chi connectivity index (χ2v) is 6.80. The molecule has 0 aromatic heterocycles. The van der Waals surface area contributed by atoms with E-state index in [0.717, 1.165) is 5.56 Å². The van der Waals surface area contributed by atoms with E-state index in [1.54, 1.807) is 24.3 Å². The van der Waals surface area contributed by atoms with Crippen LogP contribution in [-0.2, 0) is 15.9 Å². The predicted molar refractivity (Wildman–Crippen MR) is 82.3 cm³/mol. The molecule has 0 spiro atoms. The highest BCUT2D eigenvalue weighted by Crippen LogP contribution is 2.40. The number of nitrogens with one attached hydrogen (secondary N) is 1. The molecule has 6 nitrogen and oxygen atoms in total. The van der Waals surface area contributed by atoms with Crippen LogP contribution in [0.1, 0.15) is 12.0 Å². The van der Waals surface area contributed by atoms with Crippen molar-refractivity contribution in [2.24, 2.45) is 0 Å². The molecular formula is C15H18NO5P. The van der Waals surface area contributed by atoms with Crippen molar-refractivity contribution in [2.45, 2.75) is 18.6 Å². The van der Waals surface area contributed by atoms with Gasteiger partial charge in [0.1, 0.15) is 6.61 Å². The summed E-state index contributed by atoms with van der Waals surface area (Å²) in [6.45, 7) is 0.0955. The highest BCUT2D eigenvalue weighted by molar-refractivity contribution is 7.51. The molecule has 1 unspecified atom stereocenters. The molecule has 0 radical (unpaired) electrons. The molecular weight excluding hydrogens is 305 g/mol. The largest absolute Gasteiger partial charge is 0.445 e. The van der Waals surface area contributed by atoms with E-state index < -0.39 is 25.4 Å². The van der Waals surface area contributed by atoms with Crippen molar-refractivity contribution in [1.82, 2.24) is 5.32 Å². The van der Waals surface area contributed by atoms with E-state index in [4.69, 9.17) is 4.74 Å². The smallest absolute Gasteiger partial charge is 0.408 e. The van der Waals surface area contributed by atoms with Gasteiger partial charge in [0, 0.05) is 0 Å². The van der Waals surface area contributed by atoms with Gasteiger partial charge in [-0.1, -0.05) is 54.6 Å². The van der Waals surface area contributed by atoms with Gasteiger partial charge in [0.15, 0.2) is 0 Å². The van der Waals surface area contributed by atoms with Crippen LogP contribution in [0.5, 0.6) is 0 Å². The molecule has 1 amide bonds. The topological polar surface area (TPSA) is 95.9 Å². The lowest BCUT2D eigenvalue weighted by atomic mass is 9.93. The van der Waals surface area contributed by atoms with Gasteiger partial charge in [0.25, 0.3) is 0 Å². The third kappa shape index (κ3) is 5.15. The molecule has 1 aliphatic rings. The molecule has 0 fully saturated rings. The summed E-state index contributed by atoms with van der Waals surface area (Å²) in [5, 5.41) is 2.57. The Balaban J connectivity index is 1.98. The number of alkyl carbamates (subject to hydrolysis) is 1. The standard InChI is InChI=1S/C15H18NO5P/c17-14(21-11-13-7-3-1-4-8-13)16-15(12-22(18,19)20)9-5-2-6-10-15/h1-9H,10-12H2,(H,16,17)(H2,18,19,20). The summed E-state index contributed by atoms with van der Waals surface area (Å²) in [5.74, 6) is 0. The first-order valence-corrected chi connectivity index (χ1v) is 8.56. The van der Waals surface area contributed by atoms with Crippen LogP contribution in [0.2, 0.25) is 0 Å². The molecule has 0 aliphatic heterocycles. The fourth-order valence-electron chi connectivity index (χ4n) is 2.24. The number of carbonyl (C=O) groups excluding carboxylic acids is 1. The lowest BCUT2D eigenvalue weighted by molar-refractivity contribution is 0.132. The zero-order chi connectivity index (χ0) is 16.1. The summed E-state index contributed by atoms with van der Waals surface area (Å²) in [6, 6.07) is 9.17. The summed E-state index contributed by atoms with van der Waals surface area (Å²) in [4.78, 5) is 30.4. The Hall–Kier alpha value is -1.88. The van der Waals surface area contributed by atoms with Crippen LogP contribution in [0.3, 0.4) is 0 Å². The normalized spacial score (nSPS) is 20.6. The molecule has 118 valence electrons. The molecule has 1 aromatic carbocycles. The van der Waals surface area contributed by atoms with Gasteiger partial charge in [-0.15, -0.1) is 0 Å². The van der Waals surface area contributed by atoms with Crippen LogP contribution in [-0.4, -0.2) is 27.6 Å². The maximum atomic E-state index is 11.9. The minimum absolute atomic E-state index is 0.0955. The number of amides is 1. The monoisotopic (exact) mass is 323 g/mol. The summed E-state index contributed by atoms with van der Waals surface area (Å²) < 4.78 is 16.4. The van der Waals surface area contributed by atoms with Gasteiger partial charge in [-0.05, 0) is 12.0 Å². The average Bonchev–Trinajstić information content (AvgIpc) is 2.45. The van der Waals surface area contributed by atoms with Crippen molar-refractivity contribution >= 4 is 13.7 Å². The Morgan fingerprint density at radius 2 is 2.00 bits per heavy atom. The first-order chi connectivity index (χ1) is 10.4. The average molecular weight is 323 g/mol. The van der Waals surface area contributed by atoms with Crippen molar-refractivity contribution in [3.05, 3.63) is 60.2 Å². The Labute approximate surface area is 128 Å². The lowest BCUT2D eigenvalue weighted by Crippen LogP contribution is -2.50. The number of allylic oxidation sites excluding steroid dienone is 2. The minimum atomic E-state index is -4.29. The summed E-state index contributed by atoms with van der Waals surface area (Å²) in [5.41, 5.74) is -0.289. The van der Waals surface area contributed by atoms with Gasteiger partial charge in [-0.25, -0.2) is 4.79 Å². The molecule has 1 aromatic rings. The Kier molecular flexibility index (Phi) is 5.19. The Morgan fingerprint density at radius 1 is 1.27 bits per heavy atom. The van der Waals surface area contributed by atoms with Crippen molar-refractivity contribution in [3.8, 4) is 0 Å². The predicted octanol–water partition coefficient (Wildman–Crippen LogP) is 2.35. The fourth-order valence-corrected chi connectivity index (χ4v) is 3.29. The van der Waals surface area contributed by atoms with Crippen LogP contribution in [0.15, 0.2) is 54.6 Å². The van der Waals surface area contributed by atoms with Crippen molar-refractivity contribution < 1.29 is 23.9 Å². The lowest BCUT2D eigenvalue weighted by Gasteiger charge is -2.32. The van der Waals surface area contributed by atoms with E-state index in [2.05, 4.69) is 5.32 Å².